The Morgan fingerprint density at radius 2 is 1.09 bits per heavy atom. The smallest absolute Gasteiger partial charge is 0.334 e. The van der Waals surface area contributed by atoms with Crippen LogP contribution in [0.5, 0.6) is 0 Å². The van der Waals surface area contributed by atoms with Crippen molar-refractivity contribution in [2.75, 3.05) is 0 Å². The molecule has 9 atom stereocenters. The van der Waals surface area contributed by atoms with Crippen LogP contribution in [0.2, 0.25) is 0 Å². The number of aliphatic hydroxyl groups excluding tert-OH is 4. The van der Waals surface area contributed by atoms with Gasteiger partial charge in [0.05, 0.1) is 48.8 Å². The van der Waals surface area contributed by atoms with Gasteiger partial charge in [-0.25, -0.2) is 4.79 Å². The first-order valence-corrected chi connectivity index (χ1v) is 18.7. The van der Waals surface area contributed by atoms with Crippen LogP contribution < -0.4 is 0 Å². The second kappa shape index (κ2) is 21.8. The van der Waals surface area contributed by atoms with Gasteiger partial charge in [-0.1, -0.05) is 90.4 Å². The standard InChI is InChI=1S/C37H66O8/c1-3-29(38)30(39)19-15-12-13-17-21-32(41)34-23-25-36(45-34)35-24-22-33(44-35)31(40)20-16-11-9-7-5-4-6-8-10-14-18-28-26-27(2)43-37(28)42/h26-27,29-36,38-41H,3-25H2,1-2H3/t27-,29+,30-,31-,32+,33-,34-,35-,36+/m1/s1. The van der Waals surface area contributed by atoms with Crippen LogP contribution in [0.4, 0.5) is 0 Å². The number of carbonyl (C=O) groups is 1. The van der Waals surface area contributed by atoms with Gasteiger partial charge in [0.25, 0.3) is 0 Å². The SMILES string of the molecule is CC[C@H](O)[C@H](O)CCCCCC[C@H](O)[C@H]1CC[C@@H]([C@H]2CC[C@H]([C@H](O)CCCCCCCCCCCCC3=C[C@@H](C)OC3=O)O2)O1. The molecule has 0 spiro atoms. The van der Waals surface area contributed by atoms with Crippen molar-refractivity contribution >= 4 is 5.97 Å². The maximum Gasteiger partial charge on any atom is 0.334 e. The lowest BCUT2D eigenvalue weighted by Crippen LogP contribution is -2.33. The van der Waals surface area contributed by atoms with Crippen molar-refractivity contribution in [2.24, 2.45) is 0 Å². The maximum atomic E-state index is 11.6. The third-order valence-corrected chi connectivity index (χ3v) is 10.2. The quantitative estimate of drug-likeness (QED) is 0.0634. The lowest BCUT2D eigenvalue weighted by molar-refractivity contribution is -0.139. The van der Waals surface area contributed by atoms with Crippen molar-refractivity contribution < 1.29 is 39.4 Å². The molecule has 0 saturated carbocycles. The molecule has 3 aliphatic rings. The molecule has 0 aromatic carbocycles. The highest BCUT2D eigenvalue weighted by atomic mass is 16.6. The molecule has 45 heavy (non-hydrogen) atoms. The van der Waals surface area contributed by atoms with Gasteiger partial charge in [0.15, 0.2) is 0 Å². The first-order chi connectivity index (χ1) is 21.8. The topological polar surface area (TPSA) is 126 Å². The first kappa shape index (κ1) is 38.4. The van der Waals surface area contributed by atoms with E-state index in [-0.39, 0.29) is 36.5 Å². The summed E-state index contributed by atoms with van der Waals surface area (Å²) in [4.78, 5) is 11.6. The minimum atomic E-state index is -0.628. The molecule has 0 unspecified atom stereocenters. The van der Waals surface area contributed by atoms with Gasteiger partial charge in [-0.2, -0.15) is 0 Å². The van der Waals surface area contributed by atoms with Crippen LogP contribution >= 0.6 is 0 Å². The molecule has 8 heteroatoms. The zero-order chi connectivity index (χ0) is 32.4. The van der Waals surface area contributed by atoms with E-state index in [0.29, 0.717) is 12.8 Å². The minimum Gasteiger partial charge on any atom is -0.455 e. The van der Waals surface area contributed by atoms with Crippen molar-refractivity contribution in [3.8, 4) is 0 Å². The van der Waals surface area contributed by atoms with Gasteiger partial charge in [0.1, 0.15) is 6.10 Å². The van der Waals surface area contributed by atoms with Crippen LogP contribution in [0, 0.1) is 0 Å². The van der Waals surface area contributed by atoms with E-state index in [2.05, 4.69) is 0 Å². The Morgan fingerprint density at radius 3 is 1.53 bits per heavy atom. The van der Waals surface area contributed by atoms with E-state index in [4.69, 9.17) is 14.2 Å². The van der Waals surface area contributed by atoms with Gasteiger partial charge in [-0.05, 0) is 77.2 Å². The number of unbranched alkanes of at least 4 members (excludes halogenated alkanes) is 12. The Morgan fingerprint density at radius 1 is 0.644 bits per heavy atom. The molecular weight excluding hydrogens is 572 g/mol. The van der Waals surface area contributed by atoms with E-state index in [0.717, 1.165) is 95.5 Å². The monoisotopic (exact) mass is 638 g/mol. The van der Waals surface area contributed by atoms with E-state index < -0.39 is 24.4 Å². The summed E-state index contributed by atoms with van der Waals surface area (Å²) >= 11 is 0. The highest BCUT2D eigenvalue weighted by Crippen LogP contribution is 2.34. The van der Waals surface area contributed by atoms with Gasteiger partial charge in [0.2, 0.25) is 0 Å². The summed E-state index contributed by atoms with van der Waals surface area (Å²) in [7, 11) is 0. The van der Waals surface area contributed by atoms with E-state index in [1.807, 2.05) is 19.9 Å². The number of ether oxygens (including phenoxy) is 3. The van der Waals surface area contributed by atoms with E-state index in [9.17, 15) is 25.2 Å². The van der Waals surface area contributed by atoms with Gasteiger partial charge >= 0.3 is 5.97 Å². The van der Waals surface area contributed by atoms with Crippen LogP contribution in [0.15, 0.2) is 11.6 Å². The van der Waals surface area contributed by atoms with Gasteiger partial charge < -0.3 is 34.6 Å². The van der Waals surface area contributed by atoms with Gasteiger partial charge in [-0.3, -0.25) is 0 Å². The Bertz CT molecular complexity index is 833. The fourth-order valence-corrected chi connectivity index (χ4v) is 7.29. The van der Waals surface area contributed by atoms with Crippen molar-refractivity contribution in [1.82, 2.24) is 0 Å². The molecule has 0 bridgehead atoms. The Kier molecular flexibility index (Phi) is 18.6. The molecule has 0 aliphatic carbocycles. The average Bonchev–Trinajstić information content (AvgIpc) is 3.78. The fraction of sp³-hybridized carbons (Fsp3) is 0.919. The molecular formula is C37H66O8. The van der Waals surface area contributed by atoms with Crippen molar-refractivity contribution in [3.63, 3.8) is 0 Å². The number of hydrogen-bond acceptors (Lipinski definition) is 8. The molecule has 2 saturated heterocycles. The average molecular weight is 639 g/mol. The first-order valence-electron chi connectivity index (χ1n) is 18.7. The van der Waals surface area contributed by atoms with E-state index in [1.54, 1.807) is 0 Å². The number of carbonyl (C=O) groups excluding carboxylic acids is 1. The Balaban J connectivity index is 1.12. The summed E-state index contributed by atoms with van der Waals surface area (Å²) in [6.07, 6.45) is 22.5. The number of cyclic esters (lactones) is 1. The largest absolute Gasteiger partial charge is 0.455 e. The molecule has 3 heterocycles. The van der Waals surface area contributed by atoms with Crippen LogP contribution in [0.25, 0.3) is 0 Å². The number of aliphatic hydroxyl groups is 4. The highest BCUT2D eigenvalue weighted by Gasteiger charge is 2.40. The summed E-state index contributed by atoms with van der Waals surface area (Å²) in [6, 6.07) is 0. The summed E-state index contributed by atoms with van der Waals surface area (Å²) in [5, 5.41) is 41.0. The number of rotatable bonds is 25. The summed E-state index contributed by atoms with van der Waals surface area (Å²) in [6.45, 7) is 3.79. The molecule has 8 nitrogen and oxygen atoms in total. The predicted octanol–water partition coefficient (Wildman–Crippen LogP) is 6.83. The molecule has 3 rings (SSSR count). The molecule has 0 aromatic rings. The second-order valence-electron chi connectivity index (χ2n) is 14.1. The molecule has 0 radical (unpaired) electrons. The molecule has 0 amide bonds. The predicted molar refractivity (Wildman–Crippen MR) is 177 cm³/mol. The van der Waals surface area contributed by atoms with Crippen molar-refractivity contribution in [2.45, 2.75) is 216 Å². The van der Waals surface area contributed by atoms with Crippen molar-refractivity contribution in [1.29, 1.82) is 0 Å². The Labute approximate surface area is 273 Å². The second-order valence-corrected chi connectivity index (χ2v) is 14.1. The zero-order valence-electron chi connectivity index (χ0n) is 28.5. The highest BCUT2D eigenvalue weighted by molar-refractivity contribution is 5.90. The lowest BCUT2D eigenvalue weighted by atomic mass is 10.00. The van der Waals surface area contributed by atoms with E-state index in [1.165, 1.54) is 44.9 Å². The summed E-state index contributed by atoms with van der Waals surface area (Å²) in [5.41, 5.74) is 0.859. The molecule has 4 N–H and O–H groups in total. The Hall–Kier alpha value is -1.03. The van der Waals surface area contributed by atoms with Crippen LogP contribution in [0.3, 0.4) is 0 Å². The normalized spacial score (nSPS) is 27.8. The van der Waals surface area contributed by atoms with Crippen molar-refractivity contribution in [3.05, 3.63) is 11.6 Å². The number of hydrogen-bond donors (Lipinski definition) is 4. The van der Waals surface area contributed by atoms with Gasteiger partial charge in [-0.15, -0.1) is 0 Å². The molecule has 2 fully saturated rings. The van der Waals surface area contributed by atoms with Crippen LogP contribution in [-0.2, 0) is 19.0 Å². The molecule has 262 valence electrons. The summed E-state index contributed by atoms with van der Waals surface area (Å²) < 4.78 is 17.7. The molecule has 3 aliphatic heterocycles. The third-order valence-electron chi connectivity index (χ3n) is 10.2. The third kappa shape index (κ3) is 14.3. The maximum absolute atomic E-state index is 11.6. The lowest BCUT2D eigenvalue weighted by Gasteiger charge is -2.24. The van der Waals surface area contributed by atoms with Crippen LogP contribution in [0.1, 0.15) is 162 Å². The number of esters is 1. The van der Waals surface area contributed by atoms with E-state index >= 15 is 0 Å². The minimum absolute atomic E-state index is 0.0145. The molecule has 0 aromatic heterocycles. The summed E-state index contributed by atoms with van der Waals surface area (Å²) in [5.74, 6) is -0.127. The fourth-order valence-electron chi connectivity index (χ4n) is 7.29. The van der Waals surface area contributed by atoms with Gasteiger partial charge in [0, 0.05) is 5.57 Å². The van der Waals surface area contributed by atoms with Crippen LogP contribution in [-0.4, -0.2) is 81.3 Å². The zero-order valence-corrected chi connectivity index (χ0v) is 28.5.